The fourth-order valence-corrected chi connectivity index (χ4v) is 5.43. The van der Waals surface area contributed by atoms with Crippen molar-refractivity contribution in [1.29, 1.82) is 0 Å². The molecular weight excluding hydrogens is 585 g/mol. The number of ether oxygens (including phenoxy) is 1. The summed E-state index contributed by atoms with van der Waals surface area (Å²) in [6, 6.07) is 19.8. The summed E-state index contributed by atoms with van der Waals surface area (Å²) in [5, 5.41) is 3.64. The number of carbonyl (C=O) groups excluding carboxylic acids is 2. The zero-order valence-electron chi connectivity index (χ0n) is 23.5. The summed E-state index contributed by atoms with van der Waals surface area (Å²) in [6.45, 7) is 3.27. The first kappa shape index (κ1) is 32.2. The third kappa shape index (κ3) is 8.86. The van der Waals surface area contributed by atoms with E-state index in [0.717, 1.165) is 16.1 Å². The van der Waals surface area contributed by atoms with E-state index in [0.29, 0.717) is 22.0 Å². The van der Waals surface area contributed by atoms with E-state index < -0.39 is 28.5 Å². The Balaban J connectivity index is 2.10. The Kier molecular flexibility index (Phi) is 11.5. The van der Waals surface area contributed by atoms with Crippen molar-refractivity contribution in [2.45, 2.75) is 45.3 Å². The number of carbonyl (C=O) groups is 2. The third-order valence-corrected chi connectivity index (χ3v) is 8.51. The van der Waals surface area contributed by atoms with Crippen LogP contribution in [-0.2, 0) is 32.6 Å². The molecule has 1 N–H and O–H groups in total. The van der Waals surface area contributed by atoms with Crippen LogP contribution >= 0.6 is 23.2 Å². The lowest BCUT2D eigenvalue weighted by Crippen LogP contribution is -2.54. The van der Waals surface area contributed by atoms with Gasteiger partial charge in [0.1, 0.15) is 18.3 Å². The largest absolute Gasteiger partial charge is 0.495 e. The van der Waals surface area contributed by atoms with Crippen molar-refractivity contribution in [3.63, 3.8) is 0 Å². The maximum Gasteiger partial charge on any atom is 0.244 e. The SMILES string of the molecule is CC[C@@H](C)NC(=O)[C@H](Cc1ccccc1)N(Cc1ccc(Cl)c(Cl)c1)C(=O)CN(c1ccccc1OC)S(C)(=O)=O. The van der Waals surface area contributed by atoms with Gasteiger partial charge in [-0.15, -0.1) is 0 Å². The number of para-hydroxylation sites is 2. The molecule has 0 aliphatic rings. The summed E-state index contributed by atoms with van der Waals surface area (Å²) in [6.07, 6.45) is 1.93. The molecule has 3 rings (SSSR count). The van der Waals surface area contributed by atoms with E-state index >= 15 is 0 Å². The van der Waals surface area contributed by atoms with E-state index in [9.17, 15) is 18.0 Å². The first-order chi connectivity index (χ1) is 19.4. The van der Waals surface area contributed by atoms with Crippen molar-refractivity contribution in [2.24, 2.45) is 0 Å². The van der Waals surface area contributed by atoms with Crippen molar-refractivity contribution in [3.8, 4) is 5.75 Å². The Morgan fingerprint density at radius 2 is 1.61 bits per heavy atom. The standard InChI is InChI=1S/C30H35Cl2N3O5S/c1-5-21(2)33-30(37)27(18-22-11-7-6-8-12-22)34(19-23-15-16-24(31)25(32)17-23)29(36)20-35(41(4,38)39)26-13-9-10-14-28(26)40-3/h6-17,21,27H,5,18-20H2,1-4H3,(H,33,37)/t21-,27+/m1/s1. The second-order valence-electron chi connectivity index (χ2n) is 9.73. The van der Waals surface area contributed by atoms with Gasteiger partial charge in [0.15, 0.2) is 0 Å². The Bertz CT molecular complexity index is 1450. The van der Waals surface area contributed by atoms with Crippen LogP contribution in [0.25, 0.3) is 0 Å². The number of hydrogen-bond donors (Lipinski definition) is 1. The summed E-state index contributed by atoms with van der Waals surface area (Å²) in [5.74, 6) is -0.635. The fourth-order valence-electron chi connectivity index (χ4n) is 4.26. The number of nitrogens with one attached hydrogen (secondary N) is 1. The predicted molar refractivity (Wildman–Crippen MR) is 164 cm³/mol. The van der Waals surface area contributed by atoms with Crippen molar-refractivity contribution >= 4 is 50.7 Å². The lowest BCUT2D eigenvalue weighted by molar-refractivity contribution is -0.140. The van der Waals surface area contributed by atoms with Crippen molar-refractivity contribution < 1.29 is 22.7 Å². The zero-order valence-corrected chi connectivity index (χ0v) is 25.8. The Morgan fingerprint density at radius 1 is 0.951 bits per heavy atom. The minimum atomic E-state index is -3.93. The maximum atomic E-state index is 14.2. The summed E-state index contributed by atoms with van der Waals surface area (Å²) in [4.78, 5) is 29.3. The van der Waals surface area contributed by atoms with Gasteiger partial charge in [0, 0.05) is 19.0 Å². The van der Waals surface area contributed by atoms with E-state index in [2.05, 4.69) is 5.32 Å². The van der Waals surface area contributed by atoms with Gasteiger partial charge in [-0.2, -0.15) is 0 Å². The monoisotopic (exact) mass is 619 g/mol. The van der Waals surface area contributed by atoms with Gasteiger partial charge in [-0.3, -0.25) is 13.9 Å². The normalized spacial score (nSPS) is 12.7. The molecule has 0 bridgehead atoms. The molecule has 0 unspecified atom stereocenters. The van der Waals surface area contributed by atoms with Crippen LogP contribution in [0.15, 0.2) is 72.8 Å². The van der Waals surface area contributed by atoms with Gasteiger partial charge in [-0.1, -0.05) is 78.7 Å². The summed E-state index contributed by atoms with van der Waals surface area (Å²) >= 11 is 12.4. The van der Waals surface area contributed by atoms with Crippen LogP contribution in [0.1, 0.15) is 31.4 Å². The van der Waals surface area contributed by atoms with Gasteiger partial charge in [-0.05, 0) is 48.7 Å². The lowest BCUT2D eigenvalue weighted by Gasteiger charge is -2.34. The Labute approximate surface area is 252 Å². The molecule has 0 aliphatic heterocycles. The smallest absolute Gasteiger partial charge is 0.244 e. The Hall–Kier alpha value is -3.27. The average molecular weight is 621 g/mol. The number of benzene rings is 3. The molecular formula is C30H35Cl2N3O5S. The molecule has 2 atom stereocenters. The molecule has 41 heavy (non-hydrogen) atoms. The topological polar surface area (TPSA) is 96.0 Å². The van der Waals surface area contributed by atoms with Crippen LogP contribution in [0.4, 0.5) is 5.69 Å². The number of nitrogens with zero attached hydrogens (tertiary/aromatic N) is 2. The molecule has 220 valence electrons. The van der Waals surface area contributed by atoms with Crippen LogP contribution < -0.4 is 14.4 Å². The molecule has 3 aromatic carbocycles. The minimum Gasteiger partial charge on any atom is -0.495 e. The van der Waals surface area contributed by atoms with Crippen molar-refractivity contribution in [2.75, 3.05) is 24.2 Å². The van der Waals surface area contributed by atoms with Crippen LogP contribution in [0.3, 0.4) is 0 Å². The molecule has 0 heterocycles. The first-order valence-corrected chi connectivity index (χ1v) is 15.7. The number of rotatable bonds is 13. The molecule has 0 radical (unpaired) electrons. The van der Waals surface area contributed by atoms with Crippen molar-refractivity contribution in [3.05, 3.63) is 94.0 Å². The highest BCUT2D eigenvalue weighted by Gasteiger charge is 2.34. The van der Waals surface area contributed by atoms with E-state index in [1.807, 2.05) is 44.2 Å². The second-order valence-corrected chi connectivity index (χ2v) is 12.5. The first-order valence-electron chi connectivity index (χ1n) is 13.1. The van der Waals surface area contributed by atoms with Gasteiger partial charge in [0.05, 0.1) is 29.1 Å². The fraction of sp³-hybridized carbons (Fsp3) is 0.333. The van der Waals surface area contributed by atoms with Crippen LogP contribution in [0, 0.1) is 0 Å². The maximum absolute atomic E-state index is 14.2. The molecule has 3 aromatic rings. The molecule has 0 spiro atoms. The third-order valence-electron chi connectivity index (χ3n) is 6.64. The summed E-state index contributed by atoms with van der Waals surface area (Å²) in [7, 11) is -2.50. The molecule has 11 heteroatoms. The predicted octanol–water partition coefficient (Wildman–Crippen LogP) is 5.32. The van der Waals surface area contributed by atoms with E-state index in [1.165, 1.54) is 12.0 Å². The Morgan fingerprint density at radius 3 is 2.22 bits per heavy atom. The summed E-state index contributed by atoms with van der Waals surface area (Å²) < 4.78 is 32.3. The van der Waals surface area contributed by atoms with Gasteiger partial charge in [-0.25, -0.2) is 8.42 Å². The molecule has 2 amide bonds. The quantitative estimate of drug-likeness (QED) is 0.279. The highest BCUT2D eigenvalue weighted by atomic mass is 35.5. The number of amides is 2. The van der Waals surface area contributed by atoms with Crippen molar-refractivity contribution in [1.82, 2.24) is 10.2 Å². The van der Waals surface area contributed by atoms with Crippen LogP contribution in [-0.4, -0.2) is 57.1 Å². The number of halogens is 2. The average Bonchev–Trinajstić information content (AvgIpc) is 2.95. The van der Waals surface area contributed by atoms with Gasteiger partial charge < -0.3 is 15.0 Å². The summed E-state index contributed by atoms with van der Waals surface area (Å²) in [5.41, 5.74) is 1.68. The number of sulfonamides is 1. The van der Waals surface area contributed by atoms with Crippen LogP contribution in [0.2, 0.25) is 10.0 Å². The molecule has 0 aromatic heterocycles. The second kappa shape index (κ2) is 14.6. The highest BCUT2D eigenvalue weighted by Crippen LogP contribution is 2.30. The molecule has 0 aliphatic carbocycles. The zero-order chi connectivity index (χ0) is 30.2. The van der Waals surface area contributed by atoms with Gasteiger partial charge in [0.2, 0.25) is 21.8 Å². The number of hydrogen-bond acceptors (Lipinski definition) is 5. The van der Waals surface area contributed by atoms with E-state index in [1.54, 1.807) is 42.5 Å². The van der Waals surface area contributed by atoms with E-state index in [-0.39, 0.29) is 36.4 Å². The minimum absolute atomic E-state index is 0.00925. The molecule has 8 nitrogen and oxygen atoms in total. The van der Waals surface area contributed by atoms with Crippen LogP contribution in [0.5, 0.6) is 5.75 Å². The lowest BCUT2D eigenvalue weighted by atomic mass is 10.0. The van der Waals surface area contributed by atoms with E-state index in [4.69, 9.17) is 27.9 Å². The van der Waals surface area contributed by atoms with Gasteiger partial charge in [0.25, 0.3) is 0 Å². The molecule has 0 fully saturated rings. The van der Waals surface area contributed by atoms with Gasteiger partial charge >= 0.3 is 0 Å². The number of methoxy groups -OCH3 is 1. The molecule has 0 saturated carbocycles. The number of anilines is 1. The highest BCUT2D eigenvalue weighted by molar-refractivity contribution is 7.92. The molecule has 0 saturated heterocycles.